The molecular formula is C50H77NO17. The highest BCUT2D eigenvalue weighted by molar-refractivity contribution is 5.81. The van der Waals surface area contributed by atoms with Crippen molar-refractivity contribution in [2.24, 2.45) is 23.5 Å². The van der Waals surface area contributed by atoms with Gasteiger partial charge in [0, 0.05) is 49.5 Å². The summed E-state index contributed by atoms with van der Waals surface area (Å²) in [6, 6.07) is -1.12. The number of allylic oxidation sites excluding steroid dienone is 12. The molecule has 3 heterocycles. The van der Waals surface area contributed by atoms with Gasteiger partial charge in [-0.05, 0) is 33.1 Å². The zero-order valence-corrected chi connectivity index (χ0v) is 39.7. The van der Waals surface area contributed by atoms with E-state index in [2.05, 4.69) is 0 Å². The van der Waals surface area contributed by atoms with Gasteiger partial charge in [-0.15, -0.1) is 0 Å². The van der Waals surface area contributed by atoms with Crippen LogP contribution in [0.1, 0.15) is 79.1 Å². The van der Waals surface area contributed by atoms with Crippen LogP contribution in [-0.4, -0.2) is 168 Å². The van der Waals surface area contributed by atoms with Gasteiger partial charge in [-0.25, -0.2) is 4.79 Å². The highest BCUT2D eigenvalue weighted by atomic mass is 16.7. The molecule has 0 radical (unpaired) electrons. The van der Waals surface area contributed by atoms with Crippen LogP contribution in [0, 0.1) is 17.8 Å². The number of methoxy groups -OCH3 is 1. The molecule has 384 valence electrons. The first kappa shape index (κ1) is 58.6. The molecule has 2 fully saturated rings. The second kappa shape index (κ2) is 29.5. The monoisotopic (exact) mass is 964 g/mol. The summed E-state index contributed by atoms with van der Waals surface area (Å²) in [7, 11) is 1.18. The first-order chi connectivity index (χ1) is 32.1. The van der Waals surface area contributed by atoms with Crippen molar-refractivity contribution >= 4 is 11.9 Å². The van der Waals surface area contributed by atoms with Gasteiger partial charge in [-0.1, -0.05) is 105 Å². The molecule has 3 rings (SSSR count). The Bertz CT molecular complexity index is 1760. The summed E-state index contributed by atoms with van der Waals surface area (Å²) in [5, 5.41) is 109. The number of cyclic esters (lactones) is 1. The number of carbonyl (C=O) groups excluding carboxylic acids is 2. The standard InChI is InChI=1S/C50H77NO17/c1-30-18-16-14-12-10-8-6-7-9-11-13-15-17-19-37(67-49-48(62)45(51)47(61)33(4)66-49)27-42-38(21-23-43(58)64-5)41(57)29-50(63,68-42)28-36(54)25-40(56)39(55)22-20-34(52)24-35(53)26-44(59)65-32(3)31(2)46(30)60/h6-19,21,23,30-42,45-49,52-57,60-63H,20,22,24-29,51H2,1-5H3/b7-6+,10-8+,11-9+,14-12+,15-13+,18-16-,19-17+,23-21+/t30-,31-,32-,33+,34+,35+,36-,37-,38+,39+,40+,41-,42-,45-,46+,47+,48-,49-,50+/m0/s1. The lowest BCUT2D eigenvalue weighted by Gasteiger charge is -2.46. The Morgan fingerprint density at radius 1 is 0.691 bits per heavy atom. The minimum atomic E-state index is -2.21. The van der Waals surface area contributed by atoms with E-state index in [1.165, 1.54) is 13.2 Å². The van der Waals surface area contributed by atoms with E-state index in [0.717, 1.165) is 6.08 Å². The summed E-state index contributed by atoms with van der Waals surface area (Å²) in [5.41, 5.74) is 6.08. The van der Waals surface area contributed by atoms with Crippen molar-refractivity contribution in [2.75, 3.05) is 7.11 Å². The van der Waals surface area contributed by atoms with E-state index in [1.54, 1.807) is 63.3 Å². The average molecular weight is 964 g/mol. The fourth-order valence-corrected chi connectivity index (χ4v) is 8.18. The average Bonchev–Trinajstić information content (AvgIpc) is 3.27. The van der Waals surface area contributed by atoms with Crippen molar-refractivity contribution in [1.82, 2.24) is 0 Å². The van der Waals surface area contributed by atoms with Crippen LogP contribution in [0.2, 0.25) is 0 Å². The minimum Gasteiger partial charge on any atom is -0.466 e. The van der Waals surface area contributed by atoms with E-state index in [-0.39, 0.29) is 31.6 Å². The van der Waals surface area contributed by atoms with Crippen LogP contribution < -0.4 is 5.73 Å². The molecule has 68 heavy (non-hydrogen) atoms. The van der Waals surface area contributed by atoms with Gasteiger partial charge in [0.05, 0.1) is 86.7 Å². The predicted molar refractivity (Wildman–Crippen MR) is 251 cm³/mol. The van der Waals surface area contributed by atoms with E-state index >= 15 is 0 Å². The molecule has 0 amide bonds. The third kappa shape index (κ3) is 20.0. The third-order valence-electron chi connectivity index (χ3n) is 12.5. The molecule has 3 aliphatic rings. The van der Waals surface area contributed by atoms with E-state index in [1.807, 2.05) is 49.5 Å². The van der Waals surface area contributed by atoms with Gasteiger partial charge in [0.25, 0.3) is 0 Å². The first-order valence-electron chi connectivity index (χ1n) is 23.4. The zero-order valence-electron chi connectivity index (χ0n) is 39.7. The molecule has 2 bridgehead atoms. The number of rotatable bonds is 4. The van der Waals surface area contributed by atoms with Crippen molar-refractivity contribution in [1.29, 1.82) is 0 Å². The summed E-state index contributed by atoms with van der Waals surface area (Å²) in [5.74, 6) is -5.33. The topological polar surface area (TPSA) is 309 Å². The van der Waals surface area contributed by atoms with Gasteiger partial charge in [0.2, 0.25) is 0 Å². The molecule has 0 saturated carbocycles. The predicted octanol–water partition coefficient (Wildman–Crippen LogP) is 1.36. The van der Waals surface area contributed by atoms with E-state index in [9.17, 15) is 60.7 Å². The van der Waals surface area contributed by atoms with Crippen LogP contribution >= 0.6 is 0 Å². The largest absolute Gasteiger partial charge is 0.466 e. The quantitative estimate of drug-likeness (QED) is 0.140. The van der Waals surface area contributed by atoms with E-state index < -0.39 is 147 Å². The summed E-state index contributed by atoms with van der Waals surface area (Å²) in [4.78, 5) is 24.8. The summed E-state index contributed by atoms with van der Waals surface area (Å²) >= 11 is 0. The van der Waals surface area contributed by atoms with Crippen LogP contribution in [0.4, 0.5) is 0 Å². The molecule has 0 aromatic rings. The van der Waals surface area contributed by atoms with Gasteiger partial charge in [0.15, 0.2) is 12.1 Å². The van der Waals surface area contributed by atoms with Crippen molar-refractivity contribution in [3.8, 4) is 0 Å². The minimum absolute atomic E-state index is 0.0894. The Balaban J connectivity index is 1.91. The van der Waals surface area contributed by atoms with Crippen LogP contribution in [-0.2, 0) is 33.3 Å². The van der Waals surface area contributed by atoms with Gasteiger partial charge < -0.3 is 80.5 Å². The van der Waals surface area contributed by atoms with Gasteiger partial charge >= 0.3 is 11.9 Å². The number of aliphatic hydroxyl groups excluding tert-OH is 9. The lowest BCUT2D eigenvalue weighted by molar-refractivity contribution is -0.306. The van der Waals surface area contributed by atoms with Crippen LogP contribution in [0.3, 0.4) is 0 Å². The maximum Gasteiger partial charge on any atom is 0.330 e. The highest BCUT2D eigenvalue weighted by Crippen LogP contribution is 2.38. The van der Waals surface area contributed by atoms with E-state index in [4.69, 9.17) is 29.4 Å². The molecule has 3 aliphatic heterocycles. The Morgan fingerprint density at radius 2 is 1.28 bits per heavy atom. The number of aliphatic hydroxyl groups is 10. The Hall–Kier alpha value is -3.70. The maximum absolute atomic E-state index is 12.7. The van der Waals surface area contributed by atoms with Crippen molar-refractivity contribution in [3.63, 3.8) is 0 Å². The molecule has 0 unspecified atom stereocenters. The zero-order chi connectivity index (χ0) is 50.6. The molecule has 2 saturated heterocycles. The van der Waals surface area contributed by atoms with Crippen molar-refractivity contribution < 1.29 is 84.3 Å². The SMILES string of the molecule is COC(=O)/C=C/[C@H]1[C@@H]2C[C@@H](O[C@@H]3O[C@H](C)[C@@H](O)[C@H](N)[C@@H]3O)/C=C/C=C/C=C/C=C/C=C/C=C/C=C\[C@H](C)[C@@H](O)[C@@H](C)[C@H](C)OC(=O)C[C@H](O)C[C@H](O)CC[C@@H](O)[C@H](O)C[C@H](O)C[C@](O)(C[C@@H]1O)O2. The molecule has 0 aromatic carbocycles. The number of hydrogen-bond acceptors (Lipinski definition) is 18. The van der Waals surface area contributed by atoms with E-state index in [0.29, 0.717) is 0 Å². The van der Waals surface area contributed by atoms with Gasteiger partial charge in [0.1, 0.15) is 12.2 Å². The van der Waals surface area contributed by atoms with Crippen molar-refractivity contribution in [3.05, 3.63) is 97.2 Å². The second-order valence-corrected chi connectivity index (χ2v) is 18.2. The smallest absolute Gasteiger partial charge is 0.330 e. The number of carbonyl (C=O) groups is 2. The third-order valence-corrected chi connectivity index (χ3v) is 12.5. The Morgan fingerprint density at radius 3 is 1.88 bits per heavy atom. The van der Waals surface area contributed by atoms with Crippen LogP contribution in [0.15, 0.2) is 97.2 Å². The second-order valence-electron chi connectivity index (χ2n) is 18.2. The van der Waals surface area contributed by atoms with Crippen molar-refractivity contribution in [2.45, 2.75) is 177 Å². The summed E-state index contributed by atoms with van der Waals surface area (Å²) < 4.78 is 28.4. The first-order valence-corrected chi connectivity index (χ1v) is 23.4. The maximum atomic E-state index is 12.7. The molecule has 18 heteroatoms. The molecule has 0 aliphatic carbocycles. The number of ether oxygens (including phenoxy) is 5. The fraction of sp³-hybridized carbons (Fsp3) is 0.640. The number of nitrogens with two attached hydrogens (primary N) is 1. The molecule has 12 N–H and O–H groups in total. The highest BCUT2D eigenvalue weighted by Gasteiger charge is 2.48. The Labute approximate surface area is 399 Å². The molecule has 0 aromatic heterocycles. The molecule has 18 nitrogen and oxygen atoms in total. The number of esters is 2. The fourth-order valence-electron chi connectivity index (χ4n) is 8.18. The molecule has 19 atom stereocenters. The van der Waals surface area contributed by atoms with Crippen LogP contribution in [0.5, 0.6) is 0 Å². The van der Waals surface area contributed by atoms with Crippen LogP contribution in [0.25, 0.3) is 0 Å². The number of fused-ring (bicyclic) bond motifs is 2. The Kier molecular flexibility index (Phi) is 25.4. The van der Waals surface area contributed by atoms with Gasteiger partial charge in [-0.2, -0.15) is 0 Å². The normalized spacial score (nSPS) is 44.1. The molecule has 0 spiro atoms. The summed E-state index contributed by atoms with van der Waals surface area (Å²) in [6.07, 6.45) is 8.01. The van der Waals surface area contributed by atoms with Gasteiger partial charge in [-0.3, -0.25) is 4.79 Å². The lowest BCUT2D eigenvalue weighted by Crippen LogP contribution is -2.61. The lowest BCUT2D eigenvalue weighted by atomic mass is 9.82. The molecular weight excluding hydrogens is 887 g/mol. The number of hydrogen-bond donors (Lipinski definition) is 11. The summed E-state index contributed by atoms with van der Waals surface area (Å²) in [6.45, 7) is 6.80.